The Hall–Kier alpha value is -5.05. The van der Waals surface area contributed by atoms with Gasteiger partial charge in [-0.3, -0.25) is 0 Å². The molecule has 0 N–H and O–H groups in total. The van der Waals surface area contributed by atoms with Gasteiger partial charge in [-0.05, 0) is 71.8 Å². The Bertz CT molecular complexity index is 2120. The molecule has 0 atom stereocenters. The van der Waals surface area contributed by atoms with Crippen LogP contribution in [0.2, 0.25) is 0 Å². The van der Waals surface area contributed by atoms with Crippen LogP contribution in [0.3, 0.4) is 0 Å². The molecule has 6 aromatic carbocycles. The van der Waals surface area contributed by atoms with Gasteiger partial charge in [-0.15, -0.1) is 0 Å². The number of benzene rings is 6. The second-order valence-electron chi connectivity index (χ2n) is 10.5. The minimum absolute atomic E-state index is 0.584. The van der Waals surface area contributed by atoms with E-state index in [1.165, 1.54) is 21.8 Å². The third kappa shape index (κ3) is 3.08. The molecule has 2 aliphatic rings. The van der Waals surface area contributed by atoms with Crippen LogP contribution in [0.15, 0.2) is 133 Å². The summed E-state index contributed by atoms with van der Waals surface area (Å²) >= 11 is 0. The Morgan fingerprint density at radius 3 is 1.54 bits per heavy atom. The standard InChI is InChI=1S/C36H22NO3P/c38-41-34-15-7-5-13-30(34)39-32-21-24(22-33(36(32)41)40-31-14-6-8-16-35(31)41)23-17-19-25(20-18-23)37-28-11-3-1-9-26(28)27-10-2-4-12-29(27)37/h1-22H. The van der Waals surface area contributed by atoms with E-state index in [1.54, 1.807) is 0 Å². The Morgan fingerprint density at radius 2 is 0.976 bits per heavy atom. The summed E-state index contributed by atoms with van der Waals surface area (Å²) in [5.74, 6) is 2.43. The molecule has 3 heterocycles. The number of ether oxygens (including phenoxy) is 2. The molecule has 0 saturated carbocycles. The van der Waals surface area contributed by atoms with E-state index in [1.807, 2.05) is 60.7 Å². The van der Waals surface area contributed by atoms with Crippen LogP contribution < -0.4 is 25.4 Å². The van der Waals surface area contributed by atoms with Crippen molar-refractivity contribution in [3.05, 3.63) is 133 Å². The fraction of sp³-hybridized carbons (Fsp3) is 0. The van der Waals surface area contributed by atoms with Crippen molar-refractivity contribution >= 4 is 44.9 Å². The van der Waals surface area contributed by atoms with E-state index in [0.717, 1.165) is 16.8 Å². The predicted octanol–water partition coefficient (Wildman–Crippen LogP) is 8.30. The molecule has 0 spiro atoms. The van der Waals surface area contributed by atoms with Crippen molar-refractivity contribution < 1.29 is 14.0 Å². The van der Waals surface area contributed by atoms with E-state index in [2.05, 4.69) is 77.4 Å². The zero-order chi connectivity index (χ0) is 27.1. The van der Waals surface area contributed by atoms with Crippen molar-refractivity contribution in [2.45, 2.75) is 0 Å². The first kappa shape index (κ1) is 22.7. The van der Waals surface area contributed by atoms with Crippen LogP contribution in [0.25, 0.3) is 38.6 Å². The highest BCUT2D eigenvalue weighted by molar-refractivity contribution is 7.86. The third-order valence-corrected chi connectivity index (χ3v) is 11.4. The second kappa shape index (κ2) is 8.23. The first-order valence-electron chi connectivity index (χ1n) is 13.6. The van der Waals surface area contributed by atoms with Crippen LogP contribution >= 0.6 is 7.14 Å². The number of aromatic nitrogens is 1. The molecule has 7 aromatic rings. The van der Waals surface area contributed by atoms with Gasteiger partial charge in [0, 0.05) is 16.5 Å². The number of para-hydroxylation sites is 4. The maximum atomic E-state index is 15.0. The van der Waals surface area contributed by atoms with Crippen molar-refractivity contribution in [1.29, 1.82) is 0 Å². The average molecular weight is 548 g/mol. The van der Waals surface area contributed by atoms with Gasteiger partial charge in [-0.1, -0.05) is 72.8 Å². The highest BCUT2D eigenvalue weighted by atomic mass is 31.2. The lowest BCUT2D eigenvalue weighted by Gasteiger charge is -2.34. The molecule has 9 rings (SSSR count). The molecule has 2 aliphatic heterocycles. The van der Waals surface area contributed by atoms with E-state index >= 15 is 4.57 Å². The summed E-state index contributed by atoms with van der Waals surface area (Å²) in [5.41, 5.74) is 5.40. The van der Waals surface area contributed by atoms with E-state index in [-0.39, 0.29) is 0 Å². The molecular weight excluding hydrogens is 525 g/mol. The summed E-state index contributed by atoms with van der Waals surface area (Å²) in [7, 11) is -3.17. The van der Waals surface area contributed by atoms with Gasteiger partial charge in [0.1, 0.15) is 28.3 Å². The molecule has 0 radical (unpaired) electrons. The van der Waals surface area contributed by atoms with Crippen molar-refractivity contribution in [2.24, 2.45) is 0 Å². The van der Waals surface area contributed by atoms with Crippen LogP contribution in [-0.4, -0.2) is 4.57 Å². The van der Waals surface area contributed by atoms with E-state index < -0.39 is 7.14 Å². The summed E-state index contributed by atoms with van der Waals surface area (Å²) in [4.78, 5) is 0. The largest absolute Gasteiger partial charge is 0.456 e. The maximum Gasteiger partial charge on any atom is 0.185 e. The monoisotopic (exact) mass is 547 g/mol. The van der Waals surface area contributed by atoms with Crippen LogP contribution in [0.5, 0.6) is 23.0 Å². The molecule has 5 heteroatoms. The Balaban J connectivity index is 1.21. The van der Waals surface area contributed by atoms with E-state index in [4.69, 9.17) is 9.47 Å². The molecule has 0 unspecified atom stereocenters. The fourth-order valence-corrected chi connectivity index (χ4v) is 9.47. The molecule has 1 aromatic heterocycles. The zero-order valence-corrected chi connectivity index (χ0v) is 22.7. The van der Waals surface area contributed by atoms with Gasteiger partial charge < -0.3 is 18.6 Å². The summed E-state index contributed by atoms with van der Waals surface area (Å²) in [6.45, 7) is 0. The lowest BCUT2D eigenvalue weighted by atomic mass is 10.0. The Kier molecular flexibility index (Phi) is 4.57. The van der Waals surface area contributed by atoms with Crippen LogP contribution in [0.4, 0.5) is 0 Å². The molecule has 0 saturated heterocycles. The predicted molar refractivity (Wildman–Crippen MR) is 166 cm³/mol. The number of hydrogen-bond donors (Lipinski definition) is 0. The smallest absolute Gasteiger partial charge is 0.185 e. The summed E-state index contributed by atoms with van der Waals surface area (Å²) in [6.07, 6.45) is 0. The van der Waals surface area contributed by atoms with Gasteiger partial charge >= 0.3 is 0 Å². The molecule has 0 bridgehead atoms. The van der Waals surface area contributed by atoms with Crippen molar-refractivity contribution in [3.8, 4) is 39.8 Å². The minimum Gasteiger partial charge on any atom is -0.456 e. The lowest BCUT2D eigenvalue weighted by Crippen LogP contribution is -2.35. The average Bonchev–Trinajstić information content (AvgIpc) is 3.36. The maximum absolute atomic E-state index is 15.0. The van der Waals surface area contributed by atoms with Gasteiger partial charge in [0.2, 0.25) is 0 Å². The molecular formula is C36H22NO3P. The number of rotatable bonds is 2. The quantitative estimate of drug-likeness (QED) is 0.205. The summed E-state index contributed by atoms with van der Waals surface area (Å²) < 4.78 is 30.1. The fourth-order valence-electron chi connectivity index (χ4n) is 6.43. The minimum atomic E-state index is -3.17. The number of fused-ring (bicyclic) bond motifs is 7. The van der Waals surface area contributed by atoms with Gasteiger partial charge in [0.15, 0.2) is 7.14 Å². The second-order valence-corrected chi connectivity index (χ2v) is 13.1. The molecule has 0 fully saturated rings. The molecule has 0 aliphatic carbocycles. The molecule has 41 heavy (non-hydrogen) atoms. The topological polar surface area (TPSA) is 40.5 Å². The third-order valence-electron chi connectivity index (χ3n) is 8.24. The van der Waals surface area contributed by atoms with Crippen LogP contribution in [0, 0.1) is 0 Å². The van der Waals surface area contributed by atoms with Gasteiger partial charge in [-0.25, -0.2) is 0 Å². The lowest BCUT2D eigenvalue weighted by molar-refractivity contribution is 0.462. The number of hydrogen-bond acceptors (Lipinski definition) is 3. The first-order chi connectivity index (χ1) is 20.2. The van der Waals surface area contributed by atoms with Crippen molar-refractivity contribution in [2.75, 3.05) is 0 Å². The zero-order valence-electron chi connectivity index (χ0n) is 21.8. The van der Waals surface area contributed by atoms with Gasteiger partial charge in [-0.2, -0.15) is 0 Å². The van der Waals surface area contributed by atoms with Crippen molar-refractivity contribution in [1.82, 2.24) is 4.57 Å². The highest BCUT2D eigenvalue weighted by Gasteiger charge is 2.46. The SMILES string of the molecule is O=P12c3ccccc3Oc3cc(-c4ccc(-n5c6ccccc6c6ccccc65)cc4)cc(c31)Oc1ccccc12. The van der Waals surface area contributed by atoms with Crippen molar-refractivity contribution in [3.63, 3.8) is 0 Å². The molecule has 0 amide bonds. The summed E-state index contributed by atoms with van der Waals surface area (Å²) in [6, 6.07) is 44.8. The summed E-state index contributed by atoms with van der Waals surface area (Å²) in [5, 5.41) is 4.54. The highest BCUT2D eigenvalue weighted by Crippen LogP contribution is 2.58. The van der Waals surface area contributed by atoms with E-state index in [9.17, 15) is 0 Å². The molecule has 4 nitrogen and oxygen atoms in total. The normalized spacial score (nSPS) is 14.0. The molecule has 194 valence electrons. The van der Waals surface area contributed by atoms with Gasteiger partial charge in [0.05, 0.1) is 21.6 Å². The van der Waals surface area contributed by atoms with E-state index in [0.29, 0.717) is 38.9 Å². The number of nitrogens with zero attached hydrogens (tertiary/aromatic N) is 1. The van der Waals surface area contributed by atoms with Crippen LogP contribution in [-0.2, 0) is 4.57 Å². The Morgan fingerprint density at radius 1 is 0.488 bits per heavy atom. The van der Waals surface area contributed by atoms with Crippen LogP contribution in [0.1, 0.15) is 0 Å². The van der Waals surface area contributed by atoms with Gasteiger partial charge in [0.25, 0.3) is 0 Å². The Labute approximate surface area is 236 Å². The first-order valence-corrected chi connectivity index (χ1v) is 15.3.